The Balaban J connectivity index is 1.72. The van der Waals surface area contributed by atoms with Gasteiger partial charge in [0.1, 0.15) is 5.75 Å². The highest BCUT2D eigenvalue weighted by atomic mass is 16.5. The average Bonchev–Trinajstić information content (AvgIpc) is 2.63. The summed E-state index contributed by atoms with van der Waals surface area (Å²) < 4.78 is 5.26. The second-order valence-electron chi connectivity index (χ2n) is 5.66. The van der Waals surface area contributed by atoms with E-state index >= 15 is 0 Å². The third-order valence-corrected chi connectivity index (χ3v) is 3.82. The fourth-order valence-corrected chi connectivity index (χ4v) is 2.38. The van der Waals surface area contributed by atoms with Gasteiger partial charge in [-0.05, 0) is 54.4 Å². The van der Waals surface area contributed by atoms with Gasteiger partial charge >= 0.3 is 11.9 Å². The SMILES string of the molecule is Cc1ccc(-c2ccc(C(=O)Oc3ccc(C(=O)O)cc3)cc2)cc1. The average molecular weight is 332 g/mol. The first-order valence-corrected chi connectivity index (χ1v) is 7.75. The molecule has 0 saturated heterocycles. The molecule has 0 heterocycles. The van der Waals surface area contributed by atoms with E-state index in [9.17, 15) is 9.59 Å². The van der Waals surface area contributed by atoms with E-state index in [1.54, 1.807) is 12.1 Å². The summed E-state index contributed by atoms with van der Waals surface area (Å²) in [6.07, 6.45) is 0. The summed E-state index contributed by atoms with van der Waals surface area (Å²) >= 11 is 0. The molecule has 0 aromatic heterocycles. The van der Waals surface area contributed by atoms with E-state index in [0.717, 1.165) is 11.1 Å². The Kier molecular flexibility index (Phi) is 4.61. The number of hydrogen-bond acceptors (Lipinski definition) is 3. The number of esters is 1. The largest absolute Gasteiger partial charge is 0.478 e. The van der Waals surface area contributed by atoms with Crippen LogP contribution in [0.3, 0.4) is 0 Å². The van der Waals surface area contributed by atoms with Crippen molar-refractivity contribution in [1.29, 1.82) is 0 Å². The number of aromatic carboxylic acids is 1. The van der Waals surface area contributed by atoms with E-state index in [1.165, 1.54) is 29.8 Å². The molecule has 0 unspecified atom stereocenters. The van der Waals surface area contributed by atoms with Crippen LogP contribution < -0.4 is 4.74 Å². The molecule has 1 N–H and O–H groups in total. The van der Waals surface area contributed by atoms with Gasteiger partial charge in [0.15, 0.2) is 0 Å². The molecule has 0 radical (unpaired) electrons. The first-order valence-electron chi connectivity index (χ1n) is 7.75. The molecular formula is C21H16O4. The zero-order valence-corrected chi connectivity index (χ0v) is 13.6. The highest BCUT2D eigenvalue weighted by molar-refractivity contribution is 5.92. The Hall–Kier alpha value is -3.40. The number of rotatable bonds is 4. The minimum absolute atomic E-state index is 0.141. The van der Waals surface area contributed by atoms with Crippen molar-refractivity contribution in [1.82, 2.24) is 0 Å². The third-order valence-electron chi connectivity index (χ3n) is 3.82. The van der Waals surface area contributed by atoms with Crippen molar-refractivity contribution in [3.63, 3.8) is 0 Å². The van der Waals surface area contributed by atoms with Crippen molar-refractivity contribution in [2.24, 2.45) is 0 Å². The lowest BCUT2D eigenvalue weighted by molar-refractivity contribution is 0.0696. The van der Waals surface area contributed by atoms with Crippen LogP contribution in [0.25, 0.3) is 11.1 Å². The fraction of sp³-hybridized carbons (Fsp3) is 0.0476. The van der Waals surface area contributed by atoms with Gasteiger partial charge in [-0.3, -0.25) is 0 Å². The molecule has 0 aliphatic carbocycles. The molecule has 4 heteroatoms. The molecule has 3 aromatic rings. The Labute approximate surface area is 145 Å². The van der Waals surface area contributed by atoms with Crippen LogP contribution in [0.1, 0.15) is 26.3 Å². The summed E-state index contributed by atoms with van der Waals surface area (Å²) in [6.45, 7) is 2.03. The molecule has 0 atom stereocenters. The topological polar surface area (TPSA) is 63.6 Å². The van der Waals surface area contributed by atoms with Crippen molar-refractivity contribution < 1.29 is 19.4 Å². The highest BCUT2D eigenvalue weighted by Gasteiger charge is 2.10. The van der Waals surface area contributed by atoms with Gasteiger partial charge in [0.05, 0.1) is 11.1 Å². The number of ether oxygens (including phenoxy) is 1. The van der Waals surface area contributed by atoms with Gasteiger partial charge in [-0.1, -0.05) is 42.0 Å². The number of benzene rings is 3. The Morgan fingerprint density at radius 2 is 1.20 bits per heavy atom. The molecule has 0 fully saturated rings. The lowest BCUT2D eigenvalue weighted by atomic mass is 10.0. The second-order valence-corrected chi connectivity index (χ2v) is 5.66. The summed E-state index contributed by atoms with van der Waals surface area (Å²) in [5, 5.41) is 8.86. The van der Waals surface area contributed by atoms with E-state index < -0.39 is 11.9 Å². The first kappa shape index (κ1) is 16.5. The molecule has 4 nitrogen and oxygen atoms in total. The van der Waals surface area contributed by atoms with E-state index in [1.807, 2.05) is 43.3 Å². The highest BCUT2D eigenvalue weighted by Crippen LogP contribution is 2.21. The Morgan fingerprint density at radius 3 is 1.72 bits per heavy atom. The molecule has 3 rings (SSSR count). The molecule has 0 aliphatic rings. The summed E-state index contributed by atoms with van der Waals surface area (Å²) in [6, 6.07) is 21.0. The quantitative estimate of drug-likeness (QED) is 0.561. The smallest absolute Gasteiger partial charge is 0.343 e. The third kappa shape index (κ3) is 3.93. The summed E-state index contributed by atoms with van der Waals surface area (Å²) in [5.74, 6) is -1.21. The zero-order chi connectivity index (χ0) is 17.8. The Bertz CT molecular complexity index is 892. The first-order chi connectivity index (χ1) is 12.0. The lowest BCUT2D eigenvalue weighted by Gasteiger charge is -2.06. The van der Waals surface area contributed by atoms with Crippen LogP contribution in [-0.2, 0) is 0 Å². The van der Waals surface area contributed by atoms with Crippen LogP contribution in [0.2, 0.25) is 0 Å². The van der Waals surface area contributed by atoms with Crippen LogP contribution in [0, 0.1) is 6.92 Å². The van der Waals surface area contributed by atoms with Gasteiger partial charge < -0.3 is 9.84 Å². The van der Waals surface area contributed by atoms with Crippen LogP contribution in [-0.4, -0.2) is 17.0 Å². The summed E-state index contributed by atoms with van der Waals surface area (Å²) in [4.78, 5) is 23.0. The van der Waals surface area contributed by atoms with E-state index in [2.05, 4.69) is 0 Å². The molecule has 0 bridgehead atoms. The van der Waals surface area contributed by atoms with Crippen molar-refractivity contribution in [3.8, 4) is 16.9 Å². The maximum Gasteiger partial charge on any atom is 0.343 e. The van der Waals surface area contributed by atoms with E-state index in [0.29, 0.717) is 11.3 Å². The molecule has 25 heavy (non-hydrogen) atoms. The van der Waals surface area contributed by atoms with Gasteiger partial charge in [-0.15, -0.1) is 0 Å². The lowest BCUT2D eigenvalue weighted by Crippen LogP contribution is -2.08. The maximum absolute atomic E-state index is 12.2. The second kappa shape index (κ2) is 7.01. The van der Waals surface area contributed by atoms with Gasteiger partial charge in [0, 0.05) is 0 Å². The van der Waals surface area contributed by atoms with E-state index in [-0.39, 0.29) is 5.56 Å². The predicted molar refractivity (Wildman–Crippen MR) is 95.0 cm³/mol. The van der Waals surface area contributed by atoms with Crippen LogP contribution >= 0.6 is 0 Å². The van der Waals surface area contributed by atoms with Gasteiger partial charge in [0.25, 0.3) is 0 Å². The van der Waals surface area contributed by atoms with Gasteiger partial charge in [-0.25, -0.2) is 9.59 Å². The monoisotopic (exact) mass is 332 g/mol. The molecule has 0 aliphatic heterocycles. The number of carbonyl (C=O) groups is 2. The number of carboxylic acids is 1. The minimum atomic E-state index is -1.02. The van der Waals surface area contributed by atoms with Crippen molar-refractivity contribution in [3.05, 3.63) is 89.5 Å². The molecular weight excluding hydrogens is 316 g/mol. The standard InChI is InChI=1S/C21H16O4/c1-14-2-4-15(5-3-14)16-6-8-18(9-7-16)21(24)25-19-12-10-17(11-13-19)20(22)23/h2-13H,1H3,(H,22,23). The van der Waals surface area contributed by atoms with Crippen molar-refractivity contribution in [2.45, 2.75) is 6.92 Å². The van der Waals surface area contributed by atoms with Crippen molar-refractivity contribution >= 4 is 11.9 Å². The van der Waals surface area contributed by atoms with Crippen LogP contribution in [0.5, 0.6) is 5.75 Å². The molecule has 0 saturated carbocycles. The zero-order valence-electron chi connectivity index (χ0n) is 13.6. The number of hydrogen-bond donors (Lipinski definition) is 1. The maximum atomic E-state index is 12.2. The predicted octanol–water partition coefficient (Wildman–Crippen LogP) is 4.58. The number of aryl methyl sites for hydroxylation is 1. The number of carbonyl (C=O) groups excluding carboxylic acids is 1. The van der Waals surface area contributed by atoms with Gasteiger partial charge in [-0.2, -0.15) is 0 Å². The normalized spacial score (nSPS) is 10.3. The Morgan fingerprint density at radius 1 is 0.720 bits per heavy atom. The molecule has 124 valence electrons. The van der Waals surface area contributed by atoms with Crippen LogP contribution in [0.4, 0.5) is 0 Å². The number of carboxylic acid groups (broad SMARTS) is 1. The summed E-state index contributed by atoms with van der Waals surface area (Å²) in [7, 11) is 0. The molecule has 0 spiro atoms. The summed E-state index contributed by atoms with van der Waals surface area (Å²) in [5.41, 5.74) is 3.86. The molecule has 3 aromatic carbocycles. The molecule has 0 amide bonds. The van der Waals surface area contributed by atoms with Crippen LogP contribution in [0.15, 0.2) is 72.8 Å². The minimum Gasteiger partial charge on any atom is -0.478 e. The fourth-order valence-electron chi connectivity index (χ4n) is 2.38. The van der Waals surface area contributed by atoms with Crippen molar-refractivity contribution in [2.75, 3.05) is 0 Å². The van der Waals surface area contributed by atoms with Gasteiger partial charge in [0.2, 0.25) is 0 Å². The van der Waals surface area contributed by atoms with E-state index in [4.69, 9.17) is 9.84 Å².